The molecule has 232 valence electrons. The fourth-order valence-corrected chi connectivity index (χ4v) is 7.16. The summed E-state index contributed by atoms with van der Waals surface area (Å²) in [5.41, 5.74) is 1.94. The topological polar surface area (TPSA) is 9.23 Å². The van der Waals surface area contributed by atoms with Gasteiger partial charge in [-0.3, -0.25) is 0 Å². The van der Waals surface area contributed by atoms with Crippen LogP contribution in [0.3, 0.4) is 0 Å². The Morgan fingerprint density at radius 1 is 0.721 bits per heavy atom. The van der Waals surface area contributed by atoms with Crippen molar-refractivity contribution in [1.29, 1.82) is 0 Å². The van der Waals surface area contributed by atoms with Gasteiger partial charge in [0.25, 0.3) is 0 Å². The van der Waals surface area contributed by atoms with Crippen LogP contribution < -0.4 is 4.74 Å². The smallest absolute Gasteiger partial charge is 0.400 e. The number of rotatable bonds is 10. The van der Waals surface area contributed by atoms with E-state index in [-0.39, 0.29) is 29.3 Å². The molecule has 0 N–H and O–H groups in total. The van der Waals surface area contributed by atoms with Gasteiger partial charge in [0.1, 0.15) is 23.2 Å². The first kappa shape index (κ1) is 31.8. The summed E-state index contributed by atoms with van der Waals surface area (Å²) in [7, 11) is 0. The third kappa shape index (κ3) is 7.74. The van der Waals surface area contributed by atoms with Gasteiger partial charge in [-0.25, -0.2) is 13.2 Å². The SMILES string of the molecule is CCCCCC1CCC(c2ccc(C3CCC(C(F)(F)Oc4cc(F)c(-c5ccc(Cl)c(F)c5)c(F)c4)CC3)cc2)CC1. The van der Waals surface area contributed by atoms with Crippen LogP contribution in [0.15, 0.2) is 54.6 Å². The first-order chi connectivity index (χ1) is 20.6. The molecule has 2 aliphatic rings. The molecule has 7 heteroatoms. The summed E-state index contributed by atoms with van der Waals surface area (Å²) in [5.74, 6) is -3.08. The lowest BCUT2D eigenvalue weighted by Crippen LogP contribution is -2.37. The van der Waals surface area contributed by atoms with Crippen molar-refractivity contribution in [1.82, 2.24) is 0 Å². The maximum Gasteiger partial charge on any atom is 0.400 e. The lowest BCUT2D eigenvalue weighted by Gasteiger charge is -2.33. The third-order valence-electron chi connectivity index (χ3n) is 9.62. The number of ether oxygens (including phenoxy) is 1. The Kier molecular flexibility index (Phi) is 10.4. The molecular weight excluding hydrogens is 579 g/mol. The normalized spacial score (nSPS) is 22.9. The van der Waals surface area contributed by atoms with Crippen LogP contribution in [-0.2, 0) is 0 Å². The molecular formula is C36H40ClF5O. The molecule has 3 aromatic rings. The van der Waals surface area contributed by atoms with Crippen molar-refractivity contribution in [3.63, 3.8) is 0 Å². The molecule has 2 saturated carbocycles. The second-order valence-corrected chi connectivity index (χ2v) is 12.9. The van der Waals surface area contributed by atoms with E-state index in [2.05, 4.69) is 31.2 Å². The van der Waals surface area contributed by atoms with Crippen molar-refractivity contribution < 1.29 is 26.7 Å². The molecule has 43 heavy (non-hydrogen) atoms. The maximum atomic E-state index is 15.2. The highest BCUT2D eigenvalue weighted by molar-refractivity contribution is 6.30. The quantitative estimate of drug-likeness (QED) is 0.162. The molecule has 0 aromatic heterocycles. The molecule has 0 spiro atoms. The van der Waals surface area contributed by atoms with Crippen LogP contribution >= 0.6 is 11.6 Å². The second kappa shape index (κ2) is 14.0. The van der Waals surface area contributed by atoms with E-state index in [1.807, 2.05) is 0 Å². The molecule has 0 bridgehead atoms. The minimum atomic E-state index is -3.59. The summed E-state index contributed by atoms with van der Waals surface area (Å²) in [4.78, 5) is 0. The lowest BCUT2D eigenvalue weighted by molar-refractivity contribution is -0.222. The van der Waals surface area contributed by atoms with E-state index in [1.165, 1.54) is 74.6 Å². The first-order valence-electron chi connectivity index (χ1n) is 15.8. The standard InChI is InChI=1S/C36H40ClF5O/c1-2-3-4-5-23-6-8-24(9-7-23)25-10-12-26(13-11-25)27-14-17-29(18-15-27)36(41,42)43-30-21-33(39)35(34(40)22-30)28-16-19-31(37)32(38)20-28/h10-13,16,19-24,27,29H,2-9,14-15,17-18H2,1H3. The van der Waals surface area contributed by atoms with E-state index in [1.54, 1.807) is 0 Å². The fourth-order valence-electron chi connectivity index (χ4n) is 7.05. The van der Waals surface area contributed by atoms with E-state index >= 15 is 8.78 Å². The molecule has 0 heterocycles. The predicted octanol–water partition coefficient (Wildman–Crippen LogP) is 12.2. The van der Waals surface area contributed by atoms with Crippen molar-refractivity contribution in [2.24, 2.45) is 11.8 Å². The highest BCUT2D eigenvalue weighted by Gasteiger charge is 2.44. The molecule has 0 aliphatic heterocycles. The lowest BCUT2D eigenvalue weighted by atomic mass is 9.75. The highest BCUT2D eigenvalue weighted by Crippen LogP contribution is 2.44. The third-order valence-corrected chi connectivity index (χ3v) is 9.93. The summed E-state index contributed by atoms with van der Waals surface area (Å²) in [6, 6.07) is 13.5. The van der Waals surface area contributed by atoms with Gasteiger partial charge in [-0.05, 0) is 97.9 Å². The molecule has 2 fully saturated rings. The van der Waals surface area contributed by atoms with Crippen LogP contribution in [-0.4, -0.2) is 6.11 Å². The van der Waals surface area contributed by atoms with Gasteiger partial charge >= 0.3 is 6.11 Å². The molecule has 1 nitrogen and oxygen atoms in total. The number of halogens is 6. The zero-order valence-electron chi connectivity index (χ0n) is 24.7. The Bertz CT molecular complexity index is 1340. The Labute approximate surface area is 256 Å². The Balaban J connectivity index is 1.14. The largest absolute Gasteiger partial charge is 0.432 e. The van der Waals surface area contributed by atoms with Gasteiger partial charge in [0.05, 0.1) is 16.5 Å². The van der Waals surface area contributed by atoms with E-state index in [4.69, 9.17) is 16.3 Å². The maximum absolute atomic E-state index is 15.2. The zero-order chi connectivity index (χ0) is 30.6. The van der Waals surface area contributed by atoms with Crippen molar-refractivity contribution >= 4 is 11.6 Å². The second-order valence-electron chi connectivity index (χ2n) is 12.5. The van der Waals surface area contributed by atoms with Crippen molar-refractivity contribution in [2.45, 2.75) is 102 Å². The summed E-state index contributed by atoms with van der Waals surface area (Å²) in [5, 5.41) is -0.193. The van der Waals surface area contributed by atoms with Gasteiger partial charge in [0.2, 0.25) is 0 Å². The van der Waals surface area contributed by atoms with Crippen LogP contribution in [0.25, 0.3) is 11.1 Å². The molecule has 5 rings (SSSR count). The molecule has 0 atom stereocenters. The van der Waals surface area contributed by atoms with Crippen LogP contribution in [0.2, 0.25) is 5.02 Å². The fraction of sp³-hybridized carbons (Fsp3) is 0.500. The summed E-state index contributed by atoms with van der Waals surface area (Å²) in [6.45, 7) is 2.25. The number of hydrogen-bond acceptors (Lipinski definition) is 1. The Morgan fingerprint density at radius 3 is 1.81 bits per heavy atom. The van der Waals surface area contributed by atoms with Crippen LogP contribution in [0.4, 0.5) is 22.0 Å². The average Bonchev–Trinajstić information content (AvgIpc) is 2.99. The van der Waals surface area contributed by atoms with Gasteiger partial charge < -0.3 is 4.74 Å². The van der Waals surface area contributed by atoms with Gasteiger partial charge in [0.15, 0.2) is 0 Å². The van der Waals surface area contributed by atoms with Gasteiger partial charge in [0, 0.05) is 12.1 Å². The molecule has 0 amide bonds. The van der Waals surface area contributed by atoms with Crippen LogP contribution in [0.5, 0.6) is 5.75 Å². The van der Waals surface area contributed by atoms with E-state index in [0.29, 0.717) is 30.9 Å². The highest BCUT2D eigenvalue weighted by atomic mass is 35.5. The van der Waals surface area contributed by atoms with Gasteiger partial charge in [-0.15, -0.1) is 0 Å². The van der Waals surface area contributed by atoms with Crippen LogP contribution in [0.1, 0.15) is 107 Å². The molecule has 2 aliphatic carbocycles. The van der Waals surface area contributed by atoms with Crippen molar-refractivity contribution in [3.05, 3.63) is 88.2 Å². The Morgan fingerprint density at radius 2 is 1.28 bits per heavy atom. The minimum Gasteiger partial charge on any atom is -0.432 e. The molecule has 0 radical (unpaired) electrons. The van der Waals surface area contributed by atoms with Crippen LogP contribution in [0, 0.1) is 29.3 Å². The molecule has 0 unspecified atom stereocenters. The van der Waals surface area contributed by atoms with E-state index in [9.17, 15) is 13.2 Å². The van der Waals surface area contributed by atoms with E-state index < -0.39 is 40.8 Å². The van der Waals surface area contributed by atoms with E-state index in [0.717, 1.165) is 12.0 Å². The number of benzene rings is 3. The monoisotopic (exact) mass is 618 g/mol. The number of hydrogen-bond donors (Lipinski definition) is 0. The zero-order valence-corrected chi connectivity index (χ0v) is 25.4. The molecule has 0 saturated heterocycles. The summed E-state index contributed by atoms with van der Waals surface area (Å²) < 4.78 is 78.6. The van der Waals surface area contributed by atoms with Crippen molar-refractivity contribution in [2.75, 3.05) is 0 Å². The van der Waals surface area contributed by atoms with Gasteiger partial charge in [-0.2, -0.15) is 8.78 Å². The first-order valence-corrected chi connectivity index (χ1v) is 16.1. The molecule has 3 aromatic carbocycles. The van der Waals surface area contributed by atoms with Crippen molar-refractivity contribution in [3.8, 4) is 16.9 Å². The average molecular weight is 619 g/mol. The summed E-state index contributed by atoms with van der Waals surface area (Å²) >= 11 is 5.65. The minimum absolute atomic E-state index is 0.0910. The number of unbranched alkanes of at least 4 members (excludes halogenated alkanes) is 2. The number of alkyl halides is 2. The Hall–Kier alpha value is -2.60. The summed E-state index contributed by atoms with van der Waals surface area (Å²) in [6.07, 6.45) is 8.50. The predicted molar refractivity (Wildman–Crippen MR) is 162 cm³/mol. The van der Waals surface area contributed by atoms with Gasteiger partial charge in [-0.1, -0.05) is 74.5 Å².